The number of alkyl halides is 3. The highest BCUT2D eigenvalue weighted by Crippen LogP contribution is 2.40. The molecule has 1 amide bonds. The van der Waals surface area contributed by atoms with Crippen molar-refractivity contribution in [3.63, 3.8) is 0 Å². The molecule has 1 aromatic heterocycles. The van der Waals surface area contributed by atoms with Gasteiger partial charge in [0.15, 0.2) is 0 Å². The topological polar surface area (TPSA) is 58.2 Å². The van der Waals surface area contributed by atoms with Gasteiger partial charge in [-0.2, -0.15) is 22.7 Å². The molecule has 1 N–H and O–H groups in total. The highest BCUT2D eigenvalue weighted by Gasteiger charge is 2.31. The van der Waals surface area contributed by atoms with Crippen LogP contribution in [0.1, 0.15) is 61.6 Å². The molecular weight excluding hydrogens is 570 g/mol. The number of nitrogens with one attached hydrogen (secondary N) is 1. The molecule has 0 saturated carbocycles. The minimum atomic E-state index is -4.47. The van der Waals surface area contributed by atoms with Crippen LogP contribution in [0.3, 0.4) is 0 Å². The standard InChI is InChI=1S/C35H35F4N3O2/c36-34-29-23-27(16-19-31(29)40-41-34)33(30(24-35(37,38)39)25-11-5-3-6-12-25)26-14-17-28(18-15-26)44-22-10-2-1-7-13-32(43)42-20-8-4-9-21-42/h3,5-7,11-19,23H,1-2,4,8-10,20-22,24H2,(H,40,41)/b13-7+,33-30?. The molecule has 0 aliphatic carbocycles. The second-order valence-electron chi connectivity index (χ2n) is 10.9. The van der Waals surface area contributed by atoms with Crippen molar-refractivity contribution in [2.45, 2.75) is 51.1 Å². The number of rotatable bonds is 11. The highest BCUT2D eigenvalue weighted by atomic mass is 19.4. The van der Waals surface area contributed by atoms with Crippen LogP contribution in [0.2, 0.25) is 0 Å². The van der Waals surface area contributed by atoms with Crippen molar-refractivity contribution in [1.29, 1.82) is 0 Å². The van der Waals surface area contributed by atoms with Gasteiger partial charge < -0.3 is 9.64 Å². The third-order valence-electron chi connectivity index (χ3n) is 7.70. The van der Waals surface area contributed by atoms with E-state index in [4.69, 9.17) is 4.74 Å². The number of allylic oxidation sites excluding steroid dienone is 2. The monoisotopic (exact) mass is 605 g/mol. The first-order valence-corrected chi connectivity index (χ1v) is 15.0. The number of carbonyl (C=O) groups is 1. The first-order valence-electron chi connectivity index (χ1n) is 15.0. The van der Waals surface area contributed by atoms with E-state index >= 15 is 0 Å². The number of amides is 1. The summed E-state index contributed by atoms with van der Waals surface area (Å²) in [7, 11) is 0. The number of hydrogen-bond acceptors (Lipinski definition) is 3. The third-order valence-corrected chi connectivity index (χ3v) is 7.70. The van der Waals surface area contributed by atoms with E-state index in [-0.39, 0.29) is 16.9 Å². The van der Waals surface area contributed by atoms with Gasteiger partial charge in [-0.25, -0.2) is 0 Å². The molecule has 0 bridgehead atoms. The molecule has 2 heterocycles. The second kappa shape index (κ2) is 14.4. The van der Waals surface area contributed by atoms with Crippen LogP contribution >= 0.6 is 0 Å². The Morgan fingerprint density at radius 2 is 1.64 bits per heavy atom. The molecule has 3 aromatic carbocycles. The fraction of sp³-hybridized carbons (Fsp3) is 0.314. The fourth-order valence-electron chi connectivity index (χ4n) is 5.50. The van der Waals surface area contributed by atoms with Gasteiger partial charge in [-0.05, 0) is 96.7 Å². The summed E-state index contributed by atoms with van der Waals surface area (Å²) < 4.78 is 62.1. The lowest BCUT2D eigenvalue weighted by Gasteiger charge is -2.25. The van der Waals surface area contributed by atoms with Gasteiger partial charge in [0.1, 0.15) is 5.75 Å². The van der Waals surface area contributed by atoms with Crippen LogP contribution in [0, 0.1) is 5.95 Å². The number of likely N-dealkylation sites (tertiary alicyclic amines) is 1. The normalized spacial score (nSPS) is 14.7. The summed E-state index contributed by atoms with van der Waals surface area (Å²) in [5, 5.41) is 6.40. The molecule has 0 spiro atoms. The van der Waals surface area contributed by atoms with Crippen LogP contribution in [0.25, 0.3) is 22.0 Å². The number of piperidine rings is 1. The van der Waals surface area contributed by atoms with Crippen molar-refractivity contribution in [2.75, 3.05) is 19.7 Å². The van der Waals surface area contributed by atoms with Crippen LogP contribution < -0.4 is 4.74 Å². The number of H-pyrrole nitrogens is 1. The average molecular weight is 606 g/mol. The van der Waals surface area contributed by atoms with E-state index < -0.39 is 18.5 Å². The Morgan fingerprint density at radius 1 is 0.909 bits per heavy atom. The minimum absolute atomic E-state index is 0.0786. The van der Waals surface area contributed by atoms with Gasteiger partial charge >= 0.3 is 6.18 Å². The molecule has 0 unspecified atom stereocenters. The SMILES string of the molecule is O=C(/C=C/CCCCOc1ccc(C(=C(CC(F)(F)F)c2ccccc2)c2ccc3n[nH]c(F)c3c2)cc1)N1CCCCC1. The van der Waals surface area contributed by atoms with Gasteiger partial charge in [-0.3, -0.25) is 9.89 Å². The number of ether oxygens (including phenoxy) is 1. The lowest BCUT2D eigenvalue weighted by Crippen LogP contribution is -2.34. The van der Waals surface area contributed by atoms with Crippen LogP contribution in [-0.2, 0) is 4.79 Å². The summed E-state index contributed by atoms with van der Waals surface area (Å²) in [5.41, 5.74) is 2.25. The van der Waals surface area contributed by atoms with Crippen LogP contribution in [0.4, 0.5) is 17.6 Å². The van der Waals surface area contributed by atoms with E-state index in [0.29, 0.717) is 40.1 Å². The molecular formula is C35H35F4N3O2. The van der Waals surface area contributed by atoms with Crippen molar-refractivity contribution >= 4 is 28.0 Å². The highest BCUT2D eigenvalue weighted by molar-refractivity contribution is 6.00. The van der Waals surface area contributed by atoms with Crippen molar-refractivity contribution in [2.24, 2.45) is 0 Å². The predicted molar refractivity (Wildman–Crippen MR) is 164 cm³/mol. The average Bonchev–Trinajstić information content (AvgIpc) is 3.41. The largest absolute Gasteiger partial charge is 0.494 e. The lowest BCUT2D eigenvalue weighted by atomic mass is 9.87. The lowest BCUT2D eigenvalue weighted by molar-refractivity contribution is -0.127. The quantitative estimate of drug-likeness (QED) is 0.0805. The van der Waals surface area contributed by atoms with Gasteiger partial charge in [0.25, 0.3) is 0 Å². The van der Waals surface area contributed by atoms with Crippen molar-refractivity contribution in [3.05, 3.63) is 108 Å². The van der Waals surface area contributed by atoms with E-state index in [0.717, 1.165) is 45.2 Å². The van der Waals surface area contributed by atoms with Gasteiger partial charge in [-0.1, -0.05) is 54.6 Å². The van der Waals surface area contributed by atoms with Gasteiger partial charge in [-0.15, -0.1) is 0 Å². The second-order valence-corrected chi connectivity index (χ2v) is 10.9. The maximum atomic E-state index is 14.4. The fourth-order valence-corrected chi connectivity index (χ4v) is 5.50. The molecule has 1 saturated heterocycles. The third kappa shape index (κ3) is 8.15. The number of fused-ring (bicyclic) bond motifs is 1. The van der Waals surface area contributed by atoms with Crippen molar-refractivity contribution < 1.29 is 27.1 Å². The van der Waals surface area contributed by atoms with Gasteiger partial charge in [0, 0.05) is 13.1 Å². The Kier molecular flexibility index (Phi) is 10.1. The predicted octanol–water partition coefficient (Wildman–Crippen LogP) is 8.73. The van der Waals surface area contributed by atoms with E-state index in [1.54, 1.807) is 72.8 Å². The number of aromatic amines is 1. The molecule has 1 aliphatic heterocycles. The summed E-state index contributed by atoms with van der Waals surface area (Å²) in [4.78, 5) is 14.1. The summed E-state index contributed by atoms with van der Waals surface area (Å²) in [6, 6.07) is 20.2. The summed E-state index contributed by atoms with van der Waals surface area (Å²) in [6.07, 6.45) is 3.69. The van der Waals surface area contributed by atoms with Crippen LogP contribution in [0.5, 0.6) is 5.75 Å². The number of benzene rings is 3. The molecule has 0 atom stereocenters. The Morgan fingerprint density at radius 3 is 2.36 bits per heavy atom. The molecule has 5 rings (SSSR count). The Hall–Kier alpha value is -4.40. The number of nitrogens with zero attached hydrogens (tertiary/aromatic N) is 2. The van der Waals surface area contributed by atoms with E-state index in [1.807, 2.05) is 11.0 Å². The summed E-state index contributed by atoms with van der Waals surface area (Å²) in [6.45, 7) is 2.14. The molecule has 1 fully saturated rings. The van der Waals surface area contributed by atoms with Crippen LogP contribution in [-0.4, -0.2) is 46.9 Å². The van der Waals surface area contributed by atoms with Gasteiger partial charge in [0.2, 0.25) is 11.9 Å². The molecule has 0 radical (unpaired) electrons. The summed E-state index contributed by atoms with van der Waals surface area (Å²) >= 11 is 0. The Balaban J connectivity index is 1.31. The van der Waals surface area contributed by atoms with E-state index in [9.17, 15) is 22.4 Å². The maximum Gasteiger partial charge on any atom is 0.393 e. The zero-order valence-corrected chi connectivity index (χ0v) is 24.4. The number of halogens is 4. The summed E-state index contributed by atoms with van der Waals surface area (Å²) in [5.74, 6) is 0.0263. The molecule has 5 nitrogen and oxygen atoms in total. The molecule has 1 aliphatic rings. The van der Waals surface area contributed by atoms with Gasteiger partial charge in [0.05, 0.1) is 23.9 Å². The Bertz CT molecular complexity index is 1600. The first kappa shape index (κ1) is 31.0. The number of hydrogen-bond donors (Lipinski definition) is 1. The Labute approximate surface area is 254 Å². The van der Waals surface area contributed by atoms with Crippen molar-refractivity contribution in [3.8, 4) is 5.75 Å². The van der Waals surface area contributed by atoms with E-state index in [1.165, 1.54) is 12.5 Å². The smallest absolute Gasteiger partial charge is 0.393 e. The van der Waals surface area contributed by atoms with Crippen molar-refractivity contribution in [1.82, 2.24) is 15.1 Å². The molecule has 44 heavy (non-hydrogen) atoms. The van der Waals surface area contributed by atoms with E-state index in [2.05, 4.69) is 10.2 Å². The number of carbonyl (C=O) groups excluding carboxylic acids is 1. The maximum absolute atomic E-state index is 14.4. The zero-order chi connectivity index (χ0) is 30.9. The minimum Gasteiger partial charge on any atom is -0.494 e. The zero-order valence-electron chi connectivity index (χ0n) is 24.4. The molecule has 4 aromatic rings. The number of aromatic nitrogens is 2. The molecule has 230 valence electrons. The van der Waals surface area contributed by atoms with Crippen LogP contribution in [0.15, 0.2) is 84.9 Å². The number of unbranched alkanes of at least 4 members (excludes halogenated alkanes) is 2. The first-order chi connectivity index (χ1) is 21.3. The molecule has 9 heteroatoms.